The Kier molecular flexibility index (Phi) is 3.85. The van der Waals surface area contributed by atoms with Gasteiger partial charge >= 0.3 is 5.97 Å². The van der Waals surface area contributed by atoms with Gasteiger partial charge in [-0.05, 0) is 6.07 Å². The van der Waals surface area contributed by atoms with Gasteiger partial charge in [0.1, 0.15) is 5.75 Å². The Bertz CT molecular complexity index is 881. The standard InChI is InChI=1S/C18H15NO4/c1-23-14-9-5-8-12-13(10-15(20)21)17(19-16(12)14)18(22)11-6-3-2-4-7-11/h2-9,19H,10H2,1H3,(H,20,21). The van der Waals surface area contributed by atoms with E-state index in [4.69, 9.17) is 4.74 Å². The zero-order chi connectivity index (χ0) is 16.4. The first-order valence-electron chi connectivity index (χ1n) is 7.11. The Balaban J connectivity index is 2.22. The van der Waals surface area contributed by atoms with Gasteiger partial charge in [0.05, 0.1) is 24.7 Å². The number of methoxy groups -OCH3 is 1. The predicted molar refractivity (Wildman–Crippen MR) is 86.1 cm³/mol. The summed E-state index contributed by atoms with van der Waals surface area (Å²) in [6.07, 6.45) is -0.235. The number of aromatic nitrogens is 1. The minimum Gasteiger partial charge on any atom is -0.495 e. The van der Waals surface area contributed by atoms with Gasteiger partial charge in [0.15, 0.2) is 0 Å². The number of rotatable bonds is 5. The van der Waals surface area contributed by atoms with Gasteiger partial charge in [-0.2, -0.15) is 0 Å². The van der Waals surface area contributed by atoms with Crippen molar-refractivity contribution in [2.75, 3.05) is 7.11 Å². The number of carboxylic acids is 1. The number of carbonyl (C=O) groups excluding carboxylic acids is 1. The van der Waals surface area contributed by atoms with Crippen molar-refractivity contribution in [3.05, 3.63) is 65.4 Å². The van der Waals surface area contributed by atoms with E-state index in [0.717, 1.165) is 0 Å². The largest absolute Gasteiger partial charge is 0.495 e. The van der Waals surface area contributed by atoms with E-state index < -0.39 is 5.97 Å². The molecule has 0 saturated heterocycles. The van der Waals surface area contributed by atoms with Crippen molar-refractivity contribution in [3.8, 4) is 5.75 Å². The third kappa shape index (κ3) is 2.68. The van der Waals surface area contributed by atoms with Gasteiger partial charge in [0, 0.05) is 16.5 Å². The first-order chi connectivity index (χ1) is 11.1. The number of H-pyrrole nitrogens is 1. The highest BCUT2D eigenvalue weighted by Crippen LogP contribution is 2.31. The molecule has 0 fully saturated rings. The molecule has 0 spiro atoms. The maximum Gasteiger partial charge on any atom is 0.307 e. The highest BCUT2D eigenvalue weighted by atomic mass is 16.5. The molecule has 3 rings (SSSR count). The summed E-state index contributed by atoms with van der Waals surface area (Å²) in [4.78, 5) is 27.0. The molecule has 0 atom stereocenters. The van der Waals surface area contributed by atoms with Crippen LogP contribution < -0.4 is 4.74 Å². The van der Waals surface area contributed by atoms with Crippen LogP contribution in [0.15, 0.2) is 48.5 Å². The number of para-hydroxylation sites is 1. The Hall–Kier alpha value is -3.08. The molecule has 0 saturated carbocycles. The van der Waals surface area contributed by atoms with Crippen molar-refractivity contribution in [2.24, 2.45) is 0 Å². The second-order valence-corrected chi connectivity index (χ2v) is 5.13. The Labute approximate surface area is 132 Å². The number of benzene rings is 2. The summed E-state index contributed by atoms with van der Waals surface area (Å²) in [7, 11) is 1.53. The summed E-state index contributed by atoms with van der Waals surface area (Å²) in [6, 6.07) is 14.1. The maximum absolute atomic E-state index is 12.8. The lowest BCUT2D eigenvalue weighted by atomic mass is 10.0. The van der Waals surface area contributed by atoms with E-state index in [9.17, 15) is 14.7 Å². The third-order valence-corrected chi connectivity index (χ3v) is 3.71. The predicted octanol–water partition coefficient (Wildman–Crippen LogP) is 3.03. The van der Waals surface area contributed by atoms with Crippen LogP contribution in [0.4, 0.5) is 0 Å². The van der Waals surface area contributed by atoms with E-state index in [0.29, 0.717) is 27.8 Å². The highest BCUT2D eigenvalue weighted by Gasteiger charge is 2.22. The molecular weight excluding hydrogens is 294 g/mol. The van der Waals surface area contributed by atoms with Gasteiger partial charge in [-0.3, -0.25) is 9.59 Å². The molecule has 3 aromatic rings. The van der Waals surface area contributed by atoms with Crippen molar-refractivity contribution in [3.63, 3.8) is 0 Å². The van der Waals surface area contributed by atoms with Crippen LogP contribution in [-0.2, 0) is 11.2 Å². The average molecular weight is 309 g/mol. The molecule has 0 bridgehead atoms. The van der Waals surface area contributed by atoms with Crippen LogP contribution in [0.5, 0.6) is 5.75 Å². The lowest BCUT2D eigenvalue weighted by Crippen LogP contribution is -2.08. The van der Waals surface area contributed by atoms with Gasteiger partial charge in [0.2, 0.25) is 5.78 Å². The fourth-order valence-electron chi connectivity index (χ4n) is 2.68. The molecule has 5 nitrogen and oxygen atoms in total. The first kappa shape index (κ1) is 14.8. The minimum atomic E-state index is -0.990. The van der Waals surface area contributed by atoms with Gasteiger partial charge in [-0.25, -0.2) is 0 Å². The Morgan fingerprint density at radius 1 is 1.09 bits per heavy atom. The summed E-state index contributed by atoms with van der Waals surface area (Å²) >= 11 is 0. The van der Waals surface area contributed by atoms with Crippen LogP contribution in [0.2, 0.25) is 0 Å². The molecule has 0 aliphatic carbocycles. The van der Waals surface area contributed by atoms with Gasteiger partial charge in [0.25, 0.3) is 0 Å². The van der Waals surface area contributed by atoms with Crippen LogP contribution in [0.25, 0.3) is 10.9 Å². The van der Waals surface area contributed by atoms with E-state index in [-0.39, 0.29) is 17.9 Å². The quantitative estimate of drug-likeness (QED) is 0.710. The van der Waals surface area contributed by atoms with Gasteiger partial charge in [-0.15, -0.1) is 0 Å². The zero-order valence-electron chi connectivity index (χ0n) is 12.5. The smallest absolute Gasteiger partial charge is 0.307 e. The SMILES string of the molecule is COc1cccc2c(CC(=O)O)c(C(=O)c3ccccc3)[nH]c12. The highest BCUT2D eigenvalue weighted by molar-refractivity contribution is 6.13. The fraction of sp³-hybridized carbons (Fsp3) is 0.111. The van der Waals surface area contributed by atoms with Crippen LogP contribution in [0.3, 0.4) is 0 Å². The van der Waals surface area contributed by atoms with E-state index in [1.807, 2.05) is 6.07 Å². The lowest BCUT2D eigenvalue weighted by Gasteiger charge is -2.02. The Morgan fingerprint density at radius 3 is 2.48 bits per heavy atom. The lowest BCUT2D eigenvalue weighted by molar-refractivity contribution is -0.136. The number of nitrogens with one attached hydrogen (secondary N) is 1. The number of ketones is 1. The number of carbonyl (C=O) groups is 2. The molecule has 2 N–H and O–H groups in total. The average Bonchev–Trinajstić information content (AvgIpc) is 2.93. The number of hydrogen-bond donors (Lipinski definition) is 2. The minimum absolute atomic E-state index is 0.235. The van der Waals surface area contributed by atoms with E-state index >= 15 is 0 Å². The van der Waals surface area contributed by atoms with Crippen molar-refractivity contribution in [1.82, 2.24) is 4.98 Å². The van der Waals surface area contributed by atoms with E-state index in [1.54, 1.807) is 42.5 Å². The summed E-state index contributed by atoms with van der Waals surface area (Å²) in [5.74, 6) is -0.655. The molecule has 0 aliphatic rings. The molecule has 0 unspecified atom stereocenters. The monoisotopic (exact) mass is 309 g/mol. The number of ether oxygens (including phenoxy) is 1. The summed E-state index contributed by atoms with van der Waals surface area (Å²) < 4.78 is 5.30. The zero-order valence-corrected chi connectivity index (χ0v) is 12.5. The fourth-order valence-corrected chi connectivity index (χ4v) is 2.68. The van der Waals surface area contributed by atoms with Gasteiger partial charge in [-0.1, -0.05) is 42.5 Å². The number of carboxylic acid groups (broad SMARTS) is 1. The third-order valence-electron chi connectivity index (χ3n) is 3.71. The van der Waals surface area contributed by atoms with Crippen LogP contribution in [0, 0.1) is 0 Å². The number of hydrogen-bond acceptors (Lipinski definition) is 3. The normalized spacial score (nSPS) is 10.7. The Morgan fingerprint density at radius 2 is 1.83 bits per heavy atom. The van der Waals surface area contributed by atoms with Crippen molar-refractivity contribution in [1.29, 1.82) is 0 Å². The number of aromatic amines is 1. The molecule has 0 aliphatic heterocycles. The van der Waals surface area contributed by atoms with Crippen molar-refractivity contribution >= 4 is 22.7 Å². The van der Waals surface area contributed by atoms with Crippen molar-refractivity contribution < 1.29 is 19.4 Å². The molecule has 0 amide bonds. The second-order valence-electron chi connectivity index (χ2n) is 5.13. The maximum atomic E-state index is 12.8. The number of fused-ring (bicyclic) bond motifs is 1. The summed E-state index contributed by atoms with van der Waals surface area (Å²) in [6.45, 7) is 0. The molecular formula is C18H15NO4. The molecule has 1 aromatic heterocycles. The van der Waals surface area contributed by atoms with Crippen LogP contribution in [-0.4, -0.2) is 29.0 Å². The first-order valence-corrected chi connectivity index (χ1v) is 7.11. The number of aliphatic carboxylic acids is 1. The second kappa shape index (κ2) is 5.96. The molecule has 1 heterocycles. The van der Waals surface area contributed by atoms with Crippen LogP contribution in [0.1, 0.15) is 21.6 Å². The van der Waals surface area contributed by atoms with Crippen LogP contribution >= 0.6 is 0 Å². The topological polar surface area (TPSA) is 79.4 Å². The summed E-state index contributed by atoms with van der Waals surface area (Å²) in [5.41, 5.74) is 1.90. The molecule has 2 aromatic carbocycles. The van der Waals surface area contributed by atoms with Gasteiger partial charge < -0.3 is 14.8 Å². The van der Waals surface area contributed by atoms with E-state index in [2.05, 4.69) is 4.98 Å². The van der Waals surface area contributed by atoms with E-state index in [1.165, 1.54) is 7.11 Å². The van der Waals surface area contributed by atoms with Crippen molar-refractivity contribution in [2.45, 2.75) is 6.42 Å². The molecule has 116 valence electrons. The molecule has 5 heteroatoms. The molecule has 0 radical (unpaired) electrons. The molecule has 23 heavy (non-hydrogen) atoms. The summed E-state index contributed by atoms with van der Waals surface area (Å²) in [5, 5.41) is 9.88.